The van der Waals surface area contributed by atoms with E-state index in [4.69, 9.17) is 27.9 Å². The second-order valence-electron chi connectivity index (χ2n) is 7.20. The highest BCUT2D eigenvalue weighted by Gasteiger charge is 2.16. The third-order valence-corrected chi connectivity index (χ3v) is 6.58. The fraction of sp³-hybridized carbons (Fsp3) is 0.174. The molecule has 0 aliphatic rings. The maximum atomic E-state index is 12.6. The van der Waals surface area contributed by atoms with Crippen molar-refractivity contribution >= 4 is 44.8 Å². The average Bonchev–Trinajstić information content (AvgIpc) is 2.73. The van der Waals surface area contributed by atoms with E-state index in [0.29, 0.717) is 27.0 Å². The number of carbonyl (C=O) groups is 1. The summed E-state index contributed by atoms with van der Waals surface area (Å²) in [6.07, 6.45) is 0. The summed E-state index contributed by atoms with van der Waals surface area (Å²) >= 11 is 12.0. The Morgan fingerprint density at radius 2 is 1.69 bits per heavy atom. The first kappa shape index (κ1) is 23.9. The topological polar surface area (TPSA) is 84.5 Å². The quantitative estimate of drug-likeness (QED) is 0.457. The third-order valence-electron chi connectivity index (χ3n) is 4.61. The summed E-state index contributed by atoms with van der Waals surface area (Å²) in [5, 5.41) is 3.70. The molecule has 0 bridgehead atoms. The monoisotopic (exact) mass is 492 g/mol. The molecule has 32 heavy (non-hydrogen) atoms. The Hall–Kier alpha value is -2.74. The average molecular weight is 493 g/mol. The van der Waals surface area contributed by atoms with Gasteiger partial charge in [0, 0.05) is 22.3 Å². The largest absolute Gasteiger partial charge is 0.484 e. The molecule has 3 aromatic carbocycles. The highest BCUT2D eigenvalue weighted by Crippen LogP contribution is 2.24. The molecule has 0 radical (unpaired) electrons. The van der Waals surface area contributed by atoms with Crippen molar-refractivity contribution in [3.8, 4) is 5.75 Å². The lowest BCUT2D eigenvalue weighted by Crippen LogP contribution is -2.28. The van der Waals surface area contributed by atoms with E-state index in [-0.39, 0.29) is 24.0 Å². The van der Waals surface area contributed by atoms with E-state index in [2.05, 4.69) is 10.0 Å². The molecular weight excluding hydrogens is 471 g/mol. The van der Waals surface area contributed by atoms with E-state index in [1.54, 1.807) is 37.3 Å². The van der Waals surface area contributed by atoms with E-state index in [1.807, 2.05) is 19.1 Å². The standard InChI is InChI=1S/C23H22Cl2N2O4S/c1-15-3-7-19(8-4-15)27-32(29,30)20-9-10-22(16(2)11-20)31-14-23(28)26-13-17-5-6-18(24)12-21(17)25/h3-12,27H,13-14H2,1-2H3,(H,26,28). The Morgan fingerprint density at radius 3 is 2.34 bits per heavy atom. The van der Waals surface area contributed by atoms with E-state index >= 15 is 0 Å². The van der Waals surface area contributed by atoms with Crippen LogP contribution in [0.25, 0.3) is 0 Å². The molecule has 0 atom stereocenters. The van der Waals surface area contributed by atoms with Crippen LogP contribution in [0.3, 0.4) is 0 Å². The number of hydrogen-bond acceptors (Lipinski definition) is 4. The van der Waals surface area contributed by atoms with Gasteiger partial charge in [-0.15, -0.1) is 0 Å². The lowest BCUT2D eigenvalue weighted by molar-refractivity contribution is -0.123. The van der Waals surface area contributed by atoms with Crippen molar-refractivity contribution in [1.82, 2.24) is 5.32 Å². The van der Waals surface area contributed by atoms with Gasteiger partial charge < -0.3 is 10.1 Å². The van der Waals surface area contributed by atoms with Gasteiger partial charge in [0.15, 0.2) is 6.61 Å². The van der Waals surface area contributed by atoms with Crippen molar-refractivity contribution in [2.24, 2.45) is 0 Å². The summed E-state index contributed by atoms with van der Waals surface area (Å²) in [5.41, 5.74) is 2.83. The Labute approximate surface area is 197 Å². The van der Waals surface area contributed by atoms with E-state index < -0.39 is 10.0 Å². The summed E-state index contributed by atoms with van der Waals surface area (Å²) in [7, 11) is -3.75. The summed E-state index contributed by atoms with van der Waals surface area (Å²) in [4.78, 5) is 12.2. The van der Waals surface area contributed by atoms with Crippen molar-refractivity contribution < 1.29 is 17.9 Å². The van der Waals surface area contributed by atoms with Crippen LogP contribution in [-0.2, 0) is 21.4 Å². The number of sulfonamides is 1. The van der Waals surface area contributed by atoms with Gasteiger partial charge in [0.1, 0.15) is 5.75 Å². The van der Waals surface area contributed by atoms with Crippen LogP contribution in [-0.4, -0.2) is 20.9 Å². The SMILES string of the molecule is Cc1ccc(NS(=O)(=O)c2ccc(OCC(=O)NCc3ccc(Cl)cc3Cl)c(C)c2)cc1. The zero-order chi connectivity index (χ0) is 23.3. The maximum absolute atomic E-state index is 12.6. The van der Waals surface area contributed by atoms with Gasteiger partial charge in [-0.1, -0.05) is 47.0 Å². The molecule has 0 aromatic heterocycles. The highest BCUT2D eigenvalue weighted by molar-refractivity contribution is 7.92. The van der Waals surface area contributed by atoms with Crippen LogP contribution >= 0.6 is 23.2 Å². The van der Waals surface area contributed by atoms with Gasteiger partial charge in [-0.3, -0.25) is 9.52 Å². The lowest BCUT2D eigenvalue weighted by atomic mass is 10.2. The van der Waals surface area contributed by atoms with Crippen LogP contribution in [0.4, 0.5) is 5.69 Å². The number of amides is 1. The third kappa shape index (κ3) is 6.38. The summed E-state index contributed by atoms with van der Waals surface area (Å²) in [6, 6.07) is 16.5. The normalized spacial score (nSPS) is 11.1. The van der Waals surface area contributed by atoms with E-state index in [9.17, 15) is 13.2 Å². The van der Waals surface area contributed by atoms with Gasteiger partial charge in [0.05, 0.1) is 4.90 Å². The molecule has 0 heterocycles. The number of halogens is 2. The van der Waals surface area contributed by atoms with Crippen molar-refractivity contribution in [1.29, 1.82) is 0 Å². The van der Waals surface area contributed by atoms with Crippen molar-refractivity contribution in [3.63, 3.8) is 0 Å². The van der Waals surface area contributed by atoms with E-state index in [0.717, 1.165) is 11.1 Å². The number of nitrogens with one attached hydrogen (secondary N) is 2. The molecule has 0 unspecified atom stereocenters. The molecule has 0 spiro atoms. The first-order chi connectivity index (χ1) is 15.1. The van der Waals surface area contributed by atoms with Gasteiger partial charge in [-0.05, 0) is 67.4 Å². The molecule has 6 nitrogen and oxygen atoms in total. The molecule has 0 fully saturated rings. The van der Waals surface area contributed by atoms with Crippen LogP contribution in [0, 0.1) is 13.8 Å². The first-order valence-corrected chi connectivity index (χ1v) is 11.9. The Kier molecular flexibility index (Phi) is 7.66. The van der Waals surface area contributed by atoms with Crippen LogP contribution in [0.1, 0.15) is 16.7 Å². The Morgan fingerprint density at radius 1 is 0.969 bits per heavy atom. The molecule has 0 aliphatic carbocycles. The highest BCUT2D eigenvalue weighted by atomic mass is 35.5. The molecule has 2 N–H and O–H groups in total. The molecular formula is C23H22Cl2N2O4S. The molecule has 3 rings (SSSR count). The lowest BCUT2D eigenvalue weighted by Gasteiger charge is -2.13. The number of rotatable bonds is 8. The Bertz CT molecular complexity index is 1230. The summed E-state index contributed by atoms with van der Waals surface area (Å²) in [5.74, 6) is 0.0760. The van der Waals surface area contributed by atoms with Crippen molar-refractivity contribution in [3.05, 3.63) is 87.4 Å². The van der Waals surface area contributed by atoms with Crippen LogP contribution in [0.5, 0.6) is 5.75 Å². The fourth-order valence-electron chi connectivity index (χ4n) is 2.84. The molecule has 9 heteroatoms. The van der Waals surface area contributed by atoms with Gasteiger partial charge in [0.2, 0.25) is 0 Å². The van der Waals surface area contributed by atoms with Crippen LogP contribution in [0.2, 0.25) is 10.0 Å². The summed E-state index contributed by atoms with van der Waals surface area (Å²) < 4.78 is 33.4. The number of carbonyl (C=O) groups excluding carboxylic acids is 1. The number of anilines is 1. The van der Waals surface area contributed by atoms with Crippen LogP contribution in [0.15, 0.2) is 65.6 Å². The zero-order valence-electron chi connectivity index (χ0n) is 17.5. The smallest absolute Gasteiger partial charge is 0.261 e. The predicted molar refractivity (Wildman–Crippen MR) is 127 cm³/mol. The van der Waals surface area contributed by atoms with Gasteiger partial charge in [-0.2, -0.15) is 0 Å². The summed E-state index contributed by atoms with van der Waals surface area (Å²) in [6.45, 7) is 3.65. The zero-order valence-corrected chi connectivity index (χ0v) is 19.8. The number of benzene rings is 3. The molecule has 168 valence electrons. The van der Waals surface area contributed by atoms with Crippen molar-refractivity contribution in [2.75, 3.05) is 11.3 Å². The van der Waals surface area contributed by atoms with Gasteiger partial charge in [0.25, 0.3) is 15.9 Å². The van der Waals surface area contributed by atoms with Crippen LogP contribution < -0.4 is 14.8 Å². The van der Waals surface area contributed by atoms with E-state index in [1.165, 1.54) is 18.2 Å². The maximum Gasteiger partial charge on any atom is 0.261 e. The second kappa shape index (κ2) is 10.3. The number of hydrogen-bond donors (Lipinski definition) is 2. The minimum atomic E-state index is -3.75. The molecule has 0 saturated heterocycles. The minimum absolute atomic E-state index is 0.102. The predicted octanol–water partition coefficient (Wildman–Crippen LogP) is 5.11. The van der Waals surface area contributed by atoms with Gasteiger partial charge in [-0.25, -0.2) is 8.42 Å². The first-order valence-electron chi connectivity index (χ1n) is 9.67. The molecule has 1 amide bonds. The second-order valence-corrected chi connectivity index (χ2v) is 9.73. The number of aryl methyl sites for hydroxylation is 2. The molecule has 0 aliphatic heterocycles. The molecule has 0 saturated carbocycles. The fourth-order valence-corrected chi connectivity index (χ4v) is 4.46. The number of ether oxygens (including phenoxy) is 1. The van der Waals surface area contributed by atoms with Gasteiger partial charge >= 0.3 is 0 Å². The minimum Gasteiger partial charge on any atom is -0.484 e. The Balaban J connectivity index is 1.58. The molecule has 3 aromatic rings. The van der Waals surface area contributed by atoms with Crippen molar-refractivity contribution in [2.45, 2.75) is 25.3 Å².